The van der Waals surface area contributed by atoms with Gasteiger partial charge in [0, 0.05) is 25.7 Å². The molecular formula is C45H70N4O11. The molecule has 2 rings (SSSR count). The Morgan fingerprint density at radius 2 is 0.917 bits per heavy atom. The van der Waals surface area contributed by atoms with Crippen LogP contribution in [0.25, 0.3) is 0 Å². The Balaban J connectivity index is 0.000000605. The molecule has 0 unspecified atom stereocenters. The molecule has 336 valence electrons. The molecule has 4 amide bonds. The Morgan fingerprint density at radius 3 is 1.22 bits per heavy atom. The fourth-order valence-electron chi connectivity index (χ4n) is 5.61. The number of aliphatic carboxylic acids is 1. The van der Waals surface area contributed by atoms with Gasteiger partial charge < -0.3 is 46.2 Å². The predicted octanol–water partition coefficient (Wildman–Crippen LogP) is 6.68. The lowest BCUT2D eigenvalue weighted by molar-refractivity contribution is -0.136. The average Bonchev–Trinajstić information content (AvgIpc) is 3.08. The highest BCUT2D eigenvalue weighted by Crippen LogP contribution is 2.21. The summed E-state index contributed by atoms with van der Waals surface area (Å²) in [5.74, 6) is -1.56. The first-order valence-corrected chi connectivity index (χ1v) is 20.3. The minimum Gasteiger partial charge on any atom is -0.481 e. The van der Waals surface area contributed by atoms with E-state index in [1.165, 1.54) is 0 Å². The number of carbonyl (C=O) groups is 6. The van der Waals surface area contributed by atoms with E-state index in [4.69, 9.17) is 35.5 Å². The first kappa shape index (κ1) is 53.0. The standard InChI is InChI=1S/C25H40N2O5.C20H30N2O6/c1-17(21(12-13-22(26)29)27-23(30)32-25(5,6)7)31-16-19-10-8-18(9-11-19)14-20(28)15-24(2,3)4;1-13(27-12-15-7-5-14(6-8-15)11-18(24)25)16(9-10-17(21)23)22-19(26)28-20(2,3)4/h8-11,17,21H,12-16H2,1-7H3,(H2,26,29)(H,27,30);5-8,13,16H,9-12H2,1-4H3,(H2,21,23)(H,22,26)(H,24,25)/t17-,21+;13-,16+/m11/s1. The Bertz CT molecular complexity index is 1670. The van der Waals surface area contributed by atoms with Gasteiger partial charge in [0.15, 0.2) is 0 Å². The molecule has 0 saturated carbocycles. The fraction of sp³-hybridized carbons (Fsp3) is 0.600. The second kappa shape index (κ2) is 24.9. The highest BCUT2D eigenvalue weighted by molar-refractivity contribution is 5.81. The maximum atomic E-state index is 12.2. The molecule has 0 saturated heterocycles. The maximum absolute atomic E-state index is 12.2. The van der Waals surface area contributed by atoms with Gasteiger partial charge in [-0.3, -0.25) is 19.2 Å². The predicted molar refractivity (Wildman–Crippen MR) is 229 cm³/mol. The topological polar surface area (TPSA) is 236 Å². The number of hydrogen-bond donors (Lipinski definition) is 5. The van der Waals surface area contributed by atoms with Crippen molar-refractivity contribution in [3.05, 3.63) is 70.8 Å². The van der Waals surface area contributed by atoms with Crippen LogP contribution >= 0.6 is 0 Å². The minimum atomic E-state index is -0.886. The lowest BCUT2D eigenvalue weighted by Crippen LogP contribution is -2.45. The van der Waals surface area contributed by atoms with E-state index >= 15 is 0 Å². The molecule has 0 aliphatic rings. The zero-order valence-electron chi connectivity index (χ0n) is 37.5. The van der Waals surface area contributed by atoms with Crippen molar-refractivity contribution >= 4 is 35.8 Å². The Morgan fingerprint density at radius 1 is 0.583 bits per heavy atom. The quantitative estimate of drug-likeness (QED) is 0.0889. The van der Waals surface area contributed by atoms with E-state index in [1.54, 1.807) is 72.7 Å². The number of carbonyl (C=O) groups excluding carboxylic acids is 5. The summed E-state index contributed by atoms with van der Waals surface area (Å²) < 4.78 is 22.4. The molecular weight excluding hydrogens is 773 g/mol. The summed E-state index contributed by atoms with van der Waals surface area (Å²) in [4.78, 5) is 69.5. The normalized spacial score (nSPS) is 13.7. The molecule has 0 bridgehead atoms. The summed E-state index contributed by atoms with van der Waals surface area (Å²) in [7, 11) is 0. The van der Waals surface area contributed by atoms with Crippen molar-refractivity contribution in [2.45, 2.75) is 170 Å². The van der Waals surface area contributed by atoms with E-state index in [9.17, 15) is 28.8 Å². The summed E-state index contributed by atoms with van der Waals surface area (Å²) in [5.41, 5.74) is 12.7. The Hall–Kier alpha value is -5.02. The van der Waals surface area contributed by atoms with Crippen molar-refractivity contribution in [2.75, 3.05) is 0 Å². The van der Waals surface area contributed by atoms with Crippen LogP contribution in [0.5, 0.6) is 0 Å². The van der Waals surface area contributed by atoms with Gasteiger partial charge in [-0.05, 0) is 95.9 Å². The van der Waals surface area contributed by atoms with Crippen molar-refractivity contribution in [1.29, 1.82) is 0 Å². The number of nitrogens with two attached hydrogens (primary N) is 2. The Labute approximate surface area is 356 Å². The third-order valence-electron chi connectivity index (χ3n) is 8.50. The van der Waals surface area contributed by atoms with Crippen LogP contribution in [0.3, 0.4) is 0 Å². The number of alkyl carbamates (subject to hydrolysis) is 2. The number of benzene rings is 2. The van der Waals surface area contributed by atoms with Crippen molar-refractivity contribution in [1.82, 2.24) is 10.6 Å². The molecule has 7 N–H and O–H groups in total. The summed E-state index contributed by atoms with van der Waals surface area (Å²) >= 11 is 0. The van der Waals surface area contributed by atoms with E-state index < -0.39 is 59.4 Å². The minimum absolute atomic E-state index is 0.0145. The first-order valence-electron chi connectivity index (χ1n) is 20.3. The summed E-state index contributed by atoms with van der Waals surface area (Å²) in [6, 6.07) is 13.9. The van der Waals surface area contributed by atoms with Gasteiger partial charge in [0.05, 0.1) is 43.9 Å². The number of amides is 4. The van der Waals surface area contributed by atoms with Gasteiger partial charge in [-0.1, -0.05) is 69.3 Å². The number of hydrogen-bond acceptors (Lipinski definition) is 10. The van der Waals surface area contributed by atoms with Crippen molar-refractivity contribution < 1.29 is 52.8 Å². The maximum Gasteiger partial charge on any atom is 0.407 e. The molecule has 0 radical (unpaired) electrons. The number of ether oxygens (including phenoxy) is 4. The molecule has 2 aromatic carbocycles. The fourth-order valence-corrected chi connectivity index (χ4v) is 5.61. The van der Waals surface area contributed by atoms with Gasteiger partial charge in [0.25, 0.3) is 0 Å². The zero-order valence-corrected chi connectivity index (χ0v) is 37.5. The second-order valence-corrected chi connectivity index (χ2v) is 18.2. The van der Waals surface area contributed by atoms with Crippen LogP contribution in [0.4, 0.5) is 9.59 Å². The van der Waals surface area contributed by atoms with Crippen LogP contribution < -0.4 is 22.1 Å². The third kappa shape index (κ3) is 26.2. The van der Waals surface area contributed by atoms with Crippen LogP contribution in [0.15, 0.2) is 48.5 Å². The molecule has 15 nitrogen and oxygen atoms in total. The molecule has 0 fully saturated rings. The zero-order chi connectivity index (χ0) is 45.8. The van der Waals surface area contributed by atoms with Crippen molar-refractivity contribution in [3.8, 4) is 0 Å². The number of nitrogens with one attached hydrogen (secondary N) is 2. The van der Waals surface area contributed by atoms with Crippen molar-refractivity contribution in [2.24, 2.45) is 16.9 Å². The highest BCUT2D eigenvalue weighted by Gasteiger charge is 2.26. The van der Waals surface area contributed by atoms with E-state index in [0.29, 0.717) is 37.9 Å². The summed E-state index contributed by atoms with van der Waals surface area (Å²) in [5, 5.41) is 14.3. The van der Waals surface area contributed by atoms with Gasteiger partial charge in [-0.2, -0.15) is 0 Å². The molecule has 0 spiro atoms. The van der Waals surface area contributed by atoms with E-state index in [1.807, 2.05) is 31.2 Å². The van der Waals surface area contributed by atoms with Crippen LogP contribution in [0, 0.1) is 5.41 Å². The molecule has 2 aromatic rings. The highest BCUT2D eigenvalue weighted by atomic mass is 16.6. The number of primary amides is 2. The van der Waals surface area contributed by atoms with E-state index in [0.717, 1.165) is 16.7 Å². The van der Waals surface area contributed by atoms with Gasteiger partial charge in [0.2, 0.25) is 11.8 Å². The van der Waals surface area contributed by atoms with E-state index in [-0.39, 0.29) is 43.2 Å². The SMILES string of the molecule is C[C@@H](OCc1ccc(CC(=O)CC(C)(C)C)cc1)[C@H](CCC(N)=O)NC(=O)OC(C)(C)C.C[C@@H](OCc1ccc(CC(=O)O)cc1)[C@H](CCC(N)=O)NC(=O)OC(C)(C)C. The van der Waals surface area contributed by atoms with E-state index in [2.05, 4.69) is 31.4 Å². The van der Waals surface area contributed by atoms with Crippen molar-refractivity contribution in [3.63, 3.8) is 0 Å². The number of Topliss-reactive ketones (excluding diaryl/α,β-unsaturated/α-hetero) is 1. The largest absolute Gasteiger partial charge is 0.481 e. The van der Waals surface area contributed by atoms with Gasteiger partial charge >= 0.3 is 18.2 Å². The third-order valence-corrected chi connectivity index (χ3v) is 8.50. The first-order chi connectivity index (χ1) is 27.6. The van der Waals surface area contributed by atoms with Crippen LogP contribution in [-0.2, 0) is 64.2 Å². The van der Waals surface area contributed by atoms with Gasteiger partial charge in [0.1, 0.15) is 17.0 Å². The molecule has 0 aliphatic heterocycles. The lowest BCUT2D eigenvalue weighted by atomic mass is 9.88. The van der Waals surface area contributed by atoms with Crippen LogP contribution in [-0.4, -0.2) is 76.4 Å². The molecule has 0 aromatic heterocycles. The number of rotatable bonds is 21. The summed E-state index contributed by atoms with van der Waals surface area (Å²) in [6.07, 6.45) is -0.0626. The average molecular weight is 843 g/mol. The molecule has 4 atom stereocenters. The summed E-state index contributed by atoms with van der Waals surface area (Å²) in [6.45, 7) is 21.0. The van der Waals surface area contributed by atoms with Gasteiger partial charge in [-0.25, -0.2) is 9.59 Å². The lowest BCUT2D eigenvalue weighted by Gasteiger charge is -2.27. The van der Waals surface area contributed by atoms with Gasteiger partial charge in [-0.15, -0.1) is 0 Å². The number of carboxylic acids is 1. The number of ketones is 1. The van der Waals surface area contributed by atoms with Crippen LogP contribution in [0.1, 0.15) is 131 Å². The number of carboxylic acid groups (broad SMARTS) is 1. The molecule has 60 heavy (non-hydrogen) atoms. The molecule has 15 heteroatoms. The second-order valence-electron chi connectivity index (χ2n) is 18.2. The monoisotopic (exact) mass is 843 g/mol. The van der Waals surface area contributed by atoms with Crippen LogP contribution in [0.2, 0.25) is 0 Å². The Kier molecular flexibility index (Phi) is 22.0. The molecule has 0 heterocycles. The molecule has 0 aliphatic carbocycles. The smallest absolute Gasteiger partial charge is 0.407 e.